The molecule has 0 aliphatic carbocycles. The van der Waals surface area contributed by atoms with Gasteiger partial charge in [0.25, 0.3) is 0 Å². The number of nitrogens with zero attached hydrogens (tertiary/aromatic N) is 1. The Hall–Kier alpha value is -1.51. The molecule has 0 saturated heterocycles. The predicted octanol–water partition coefficient (Wildman–Crippen LogP) is 4.21. The molecule has 1 rings (SSSR count). The Labute approximate surface area is 120 Å². The van der Waals surface area contributed by atoms with Crippen LogP contribution in [0.25, 0.3) is 0 Å². The van der Waals surface area contributed by atoms with E-state index in [9.17, 15) is 0 Å². The van der Waals surface area contributed by atoms with Crippen molar-refractivity contribution in [2.24, 2.45) is 0 Å². The van der Waals surface area contributed by atoms with Crippen LogP contribution in [-0.2, 0) is 0 Å². The Bertz CT molecular complexity index is 475. The fraction of sp³-hybridized carbons (Fsp3) is 0.250. The fourth-order valence-corrected chi connectivity index (χ4v) is 1.80. The van der Waals surface area contributed by atoms with Gasteiger partial charge in [-0.2, -0.15) is 0 Å². The van der Waals surface area contributed by atoms with Crippen molar-refractivity contribution in [1.82, 2.24) is 4.90 Å². The highest BCUT2D eigenvalue weighted by atomic mass is 35.5. The number of hydrogen-bond donors (Lipinski definition) is 0. The molecule has 0 fully saturated rings. The molecule has 0 saturated carbocycles. The van der Waals surface area contributed by atoms with Crippen molar-refractivity contribution in [3.63, 3.8) is 0 Å². The van der Waals surface area contributed by atoms with E-state index in [4.69, 9.17) is 16.3 Å². The molecule has 0 aliphatic heterocycles. The minimum atomic E-state index is 0.514. The highest BCUT2D eigenvalue weighted by Gasteiger charge is 2.00. The summed E-state index contributed by atoms with van der Waals surface area (Å²) in [6, 6.07) is 9.70. The fourth-order valence-electron chi connectivity index (χ4n) is 1.66. The van der Waals surface area contributed by atoms with Crippen molar-refractivity contribution >= 4 is 11.6 Å². The van der Waals surface area contributed by atoms with E-state index < -0.39 is 0 Å². The minimum Gasteiger partial charge on any atom is -0.462 e. The Morgan fingerprint density at radius 1 is 1.26 bits per heavy atom. The third-order valence-corrected chi connectivity index (χ3v) is 2.36. The quantitative estimate of drug-likeness (QED) is 0.570. The number of allylic oxidation sites excluding steroid dienone is 3. The number of hydrogen-bond acceptors (Lipinski definition) is 2. The standard InChI is InChI=1S/C16H20ClNO/c1-13(17)10-15(12-18(3)4)11-14(2)19-16-8-6-5-7-9-16/h5-11H,1,12H2,2-4H3/b14-11+,15-10+. The SMILES string of the molecule is C=C(Cl)/C=C(\C=C(/C)Oc1ccccc1)CN(C)C. The average molecular weight is 278 g/mol. The van der Waals surface area contributed by atoms with Crippen molar-refractivity contribution in [2.75, 3.05) is 20.6 Å². The molecule has 1 aromatic rings. The molecule has 1 aromatic carbocycles. The first-order valence-electron chi connectivity index (χ1n) is 6.08. The Balaban J connectivity index is 2.81. The van der Waals surface area contributed by atoms with E-state index in [1.807, 2.05) is 63.5 Å². The maximum Gasteiger partial charge on any atom is 0.126 e. The molecule has 0 aliphatic rings. The summed E-state index contributed by atoms with van der Waals surface area (Å²) in [5, 5.41) is 0.514. The zero-order chi connectivity index (χ0) is 14.3. The molecule has 3 heteroatoms. The van der Waals surface area contributed by atoms with Crippen molar-refractivity contribution in [3.05, 3.63) is 65.4 Å². The molecule has 0 spiro atoms. The number of halogens is 1. The first-order valence-corrected chi connectivity index (χ1v) is 6.46. The van der Waals surface area contributed by atoms with Gasteiger partial charge in [0.15, 0.2) is 0 Å². The Morgan fingerprint density at radius 2 is 1.89 bits per heavy atom. The summed E-state index contributed by atoms with van der Waals surface area (Å²) < 4.78 is 5.74. The molecule has 102 valence electrons. The number of benzene rings is 1. The van der Waals surface area contributed by atoms with E-state index in [1.54, 1.807) is 0 Å². The third-order valence-electron chi connectivity index (χ3n) is 2.25. The summed E-state index contributed by atoms with van der Waals surface area (Å²) in [5.41, 5.74) is 1.05. The van der Waals surface area contributed by atoms with Gasteiger partial charge < -0.3 is 9.64 Å². The van der Waals surface area contributed by atoms with Gasteiger partial charge in [-0.3, -0.25) is 0 Å². The van der Waals surface area contributed by atoms with E-state index in [-0.39, 0.29) is 0 Å². The van der Waals surface area contributed by atoms with Crippen LogP contribution < -0.4 is 4.74 Å². The zero-order valence-corrected chi connectivity index (χ0v) is 12.4. The lowest BCUT2D eigenvalue weighted by molar-refractivity contribution is 0.422. The summed E-state index contributed by atoms with van der Waals surface area (Å²) in [6.45, 7) is 6.40. The highest BCUT2D eigenvalue weighted by molar-refractivity contribution is 6.30. The second-order valence-corrected chi connectivity index (χ2v) is 5.06. The lowest BCUT2D eigenvalue weighted by atomic mass is 10.2. The van der Waals surface area contributed by atoms with Gasteiger partial charge in [-0.05, 0) is 50.9 Å². The normalized spacial score (nSPS) is 12.7. The second kappa shape index (κ2) is 7.82. The van der Waals surface area contributed by atoms with Gasteiger partial charge in [-0.25, -0.2) is 0 Å². The van der Waals surface area contributed by atoms with E-state index >= 15 is 0 Å². The van der Waals surface area contributed by atoms with Crippen molar-refractivity contribution in [2.45, 2.75) is 6.92 Å². The van der Waals surface area contributed by atoms with E-state index in [0.717, 1.165) is 23.6 Å². The maximum atomic E-state index is 5.84. The maximum absolute atomic E-state index is 5.84. The largest absolute Gasteiger partial charge is 0.462 e. The highest BCUT2D eigenvalue weighted by Crippen LogP contribution is 2.15. The number of para-hydroxylation sites is 1. The number of ether oxygens (including phenoxy) is 1. The van der Waals surface area contributed by atoms with Crippen LogP contribution in [0.5, 0.6) is 5.75 Å². The number of rotatable bonds is 6. The molecule has 0 unspecified atom stereocenters. The van der Waals surface area contributed by atoms with Crippen LogP contribution in [0.3, 0.4) is 0 Å². The monoisotopic (exact) mass is 277 g/mol. The van der Waals surface area contributed by atoms with Crippen molar-refractivity contribution in [1.29, 1.82) is 0 Å². The van der Waals surface area contributed by atoms with Crippen LogP contribution in [0.2, 0.25) is 0 Å². The van der Waals surface area contributed by atoms with Crippen molar-refractivity contribution < 1.29 is 4.74 Å². The second-order valence-electron chi connectivity index (χ2n) is 4.57. The first-order chi connectivity index (χ1) is 8.97. The minimum absolute atomic E-state index is 0.514. The zero-order valence-electron chi connectivity index (χ0n) is 11.7. The summed E-state index contributed by atoms with van der Waals surface area (Å²) in [6.07, 6.45) is 3.82. The van der Waals surface area contributed by atoms with E-state index in [1.165, 1.54) is 0 Å². The molecular weight excluding hydrogens is 258 g/mol. The van der Waals surface area contributed by atoms with E-state index in [0.29, 0.717) is 5.03 Å². The van der Waals surface area contributed by atoms with Crippen LogP contribution in [0.4, 0.5) is 0 Å². The molecule has 19 heavy (non-hydrogen) atoms. The topological polar surface area (TPSA) is 12.5 Å². The molecule has 0 aromatic heterocycles. The molecule has 2 nitrogen and oxygen atoms in total. The molecular formula is C16H20ClNO. The van der Waals surface area contributed by atoms with Crippen LogP contribution in [-0.4, -0.2) is 25.5 Å². The van der Waals surface area contributed by atoms with Crippen LogP contribution in [0.1, 0.15) is 6.92 Å². The molecule has 0 N–H and O–H groups in total. The number of likely N-dealkylation sites (N-methyl/N-ethyl adjacent to an activating group) is 1. The van der Waals surface area contributed by atoms with Gasteiger partial charge in [-0.1, -0.05) is 36.4 Å². The predicted molar refractivity (Wildman–Crippen MR) is 82.5 cm³/mol. The summed E-state index contributed by atoms with van der Waals surface area (Å²) in [7, 11) is 4.01. The average Bonchev–Trinajstić information content (AvgIpc) is 2.27. The first kappa shape index (κ1) is 15.5. The third kappa shape index (κ3) is 6.85. The summed E-state index contributed by atoms with van der Waals surface area (Å²) >= 11 is 5.84. The van der Waals surface area contributed by atoms with Crippen LogP contribution in [0, 0.1) is 0 Å². The van der Waals surface area contributed by atoms with Gasteiger partial charge in [0, 0.05) is 11.6 Å². The van der Waals surface area contributed by atoms with Gasteiger partial charge >= 0.3 is 0 Å². The lowest BCUT2D eigenvalue weighted by Crippen LogP contribution is -2.14. The summed E-state index contributed by atoms with van der Waals surface area (Å²) in [5.74, 6) is 1.64. The van der Waals surface area contributed by atoms with Gasteiger partial charge in [0.05, 0.1) is 0 Å². The molecule has 0 atom stereocenters. The van der Waals surface area contributed by atoms with Gasteiger partial charge in [0.2, 0.25) is 0 Å². The van der Waals surface area contributed by atoms with Gasteiger partial charge in [0.1, 0.15) is 11.5 Å². The van der Waals surface area contributed by atoms with Crippen LogP contribution in [0.15, 0.2) is 65.4 Å². The van der Waals surface area contributed by atoms with Crippen molar-refractivity contribution in [3.8, 4) is 5.75 Å². The Morgan fingerprint density at radius 3 is 2.42 bits per heavy atom. The van der Waals surface area contributed by atoms with Crippen LogP contribution >= 0.6 is 11.6 Å². The van der Waals surface area contributed by atoms with E-state index in [2.05, 4.69) is 11.5 Å². The molecule has 0 bridgehead atoms. The summed E-state index contributed by atoms with van der Waals surface area (Å²) in [4.78, 5) is 2.07. The molecule has 0 radical (unpaired) electrons. The lowest BCUT2D eigenvalue weighted by Gasteiger charge is -2.12. The smallest absolute Gasteiger partial charge is 0.126 e. The van der Waals surface area contributed by atoms with Gasteiger partial charge in [-0.15, -0.1) is 0 Å². The Kier molecular flexibility index (Phi) is 6.40. The molecule has 0 heterocycles. The molecule has 0 amide bonds.